The summed E-state index contributed by atoms with van der Waals surface area (Å²) < 4.78 is 0. The van der Waals surface area contributed by atoms with Crippen molar-refractivity contribution in [2.75, 3.05) is 0 Å². The highest BCUT2D eigenvalue weighted by molar-refractivity contribution is 5.22. The summed E-state index contributed by atoms with van der Waals surface area (Å²) in [4.78, 5) is 8.27. The average Bonchev–Trinajstić information content (AvgIpc) is 2.45. The van der Waals surface area contributed by atoms with E-state index in [1.165, 1.54) is 30.1 Å². The summed E-state index contributed by atoms with van der Waals surface area (Å²) in [6, 6.07) is 0. The van der Waals surface area contributed by atoms with Gasteiger partial charge in [0.15, 0.2) is 0 Å². The molecule has 0 radical (unpaired) electrons. The molecule has 84 valence electrons. The Hall–Kier alpha value is -0.790. The SMILES string of the molecule is CC(C)Cc1nc2c([nH]1)CC(C)CC2C. The zero-order valence-corrected chi connectivity index (χ0v) is 10.3. The predicted molar refractivity (Wildman–Crippen MR) is 63.0 cm³/mol. The molecule has 1 aliphatic rings. The maximum atomic E-state index is 4.75. The van der Waals surface area contributed by atoms with Crippen LogP contribution in [0.4, 0.5) is 0 Å². The normalized spacial score (nSPS) is 25.7. The van der Waals surface area contributed by atoms with E-state index in [-0.39, 0.29) is 0 Å². The third kappa shape index (κ3) is 2.24. The Balaban J connectivity index is 2.23. The van der Waals surface area contributed by atoms with Crippen LogP contribution >= 0.6 is 0 Å². The molecule has 0 amide bonds. The zero-order chi connectivity index (χ0) is 11.0. The smallest absolute Gasteiger partial charge is 0.106 e. The monoisotopic (exact) mass is 206 g/mol. The Morgan fingerprint density at radius 2 is 2.13 bits per heavy atom. The number of H-pyrrole nitrogens is 1. The van der Waals surface area contributed by atoms with Crippen molar-refractivity contribution >= 4 is 0 Å². The molecule has 2 unspecified atom stereocenters. The van der Waals surface area contributed by atoms with Crippen molar-refractivity contribution in [3.05, 3.63) is 17.2 Å². The van der Waals surface area contributed by atoms with Crippen LogP contribution in [0.3, 0.4) is 0 Å². The zero-order valence-electron chi connectivity index (χ0n) is 10.3. The molecule has 0 saturated heterocycles. The van der Waals surface area contributed by atoms with Gasteiger partial charge in [-0.05, 0) is 24.7 Å². The van der Waals surface area contributed by atoms with Gasteiger partial charge in [0.05, 0.1) is 5.69 Å². The summed E-state index contributed by atoms with van der Waals surface area (Å²) in [5, 5.41) is 0. The van der Waals surface area contributed by atoms with Crippen LogP contribution in [-0.4, -0.2) is 9.97 Å². The molecule has 0 bridgehead atoms. The topological polar surface area (TPSA) is 28.7 Å². The molecule has 0 saturated carbocycles. The number of nitrogens with one attached hydrogen (secondary N) is 1. The van der Waals surface area contributed by atoms with E-state index >= 15 is 0 Å². The fourth-order valence-corrected chi connectivity index (χ4v) is 2.67. The minimum Gasteiger partial charge on any atom is -0.346 e. The molecule has 2 heteroatoms. The van der Waals surface area contributed by atoms with Gasteiger partial charge in [-0.25, -0.2) is 4.98 Å². The molecule has 0 aromatic carbocycles. The fraction of sp³-hybridized carbons (Fsp3) is 0.769. The van der Waals surface area contributed by atoms with E-state index in [9.17, 15) is 0 Å². The van der Waals surface area contributed by atoms with Crippen LogP contribution in [0.25, 0.3) is 0 Å². The second-order valence-corrected chi connectivity index (χ2v) is 5.59. The molecule has 15 heavy (non-hydrogen) atoms. The van der Waals surface area contributed by atoms with Crippen LogP contribution in [0.5, 0.6) is 0 Å². The molecule has 1 N–H and O–H groups in total. The van der Waals surface area contributed by atoms with Crippen molar-refractivity contribution in [1.82, 2.24) is 9.97 Å². The summed E-state index contributed by atoms with van der Waals surface area (Å²) in [7, 11) is 0. The maximum absolute atomic E-state index is 4.75. The highest BCUT2D eigenvalue weighted by Crippen LogP contribution is 2.32. The van der Waals surface area contributed by atoms with Gasteiger partial charge in [-0.1, -0.05) is 27.7 Å². The summed E-state index contributed by atoms with van der Waals surface area (Å²) in [6.45, 7) is 9.12. The Morgan fingerprint density at radius 1 is 1.40 bits per heavy atom. The predicted octanol–water partition coefficient (Wildman–Crippen LogP) is 3.29. The van der Waals surface area contributed by atoms with E-state index in [0.717, 1.165) is 12.3 Å². The molecule has 1 aliphatic carbocycles. The van der Waals surface area contributed by atoms with Gasteiger partial charge >= 0.3 is 0 Å². The first-order chi connectivity index (χ1) is 7.06. The van der Waals surface area contributed by atoms with Crippen LogP contribution in [0, 0.1) is 11.8 Å². The number of aromatic amines is 1. The molecule has 2 nitrogen and oxygen atoms in total. The minimum absolute atomic E-state index is 0.640. The lowest BCUT2D eigenvalue weighted by molar-refractivity contribution is 0.440. The van der Waals surface area contributed by atoms with E-state index in [1.54, 1.807) is 0 Å². The Labute approximate surface area is 92.5 Å². The van der Waals surface area contributed by atoms with Crippen LogP contribution in [0.15, 0.2) is 0 Å². The number of imidazole rings is 1. The van der Waals surface area contributed by atoms with Crippen molar-refractivity contribution in [1.29, 1.82) is 0 Å². The van der Waals surface area contributed by atoms with Gasteiger partial charge in [-0.3, -0.25) is 0 Å². The molecule has 0 aliphatic heterocycles. The molecule has 0 fully saturated rings. The van der Waals surface area contributed by atoms with Crippen molar-refractivity contribution in [2.24, 2.45) is 11.8 Å². The highest BCUT2D eigenvalue weighted by atomic mass is 14.9. The van der Waals surface area contributed by atoms with Crippen LogP contribution in [0.2, 0.25) is 0 Å². The lowest BCUT2D eigenvalue weighted by atomic mass is 9.84. The van der Waals surface area contributed by atoms with Crippen molar-refractivity contribution in [2.45, 2.75) is 52.9 Å². The van der Waals surface area contributed by atoms with Gasteiger partial charge in [-0.2, -0.15) is 0 Å². The highest BCUT2D eigenvalue weighted by Gasteiger charge is 2.25. The lowest BCUT2D eigenvalue weighted by Crippen LogP contribution is -2.14. The molecular formula is C13H22N2. The number of nitrogens with zero attached hydrogens (tertiary/aromatic N) is 1. The van der Waals surface area contributed by atoms with Crippen molar-refractivity contribution in [3.63, 3.8) is 0 Å². The second-order valence-electron chi connectivity index (χ2n) is 5.59. The van der Waals surface area contributed by atoms with E-state index in [0.29, 0.717) is 11.8 Å². The van der Waals surface area contributed by atoms with Gasteiger partial charge < -0.3 is 4.98 Å². The summed E-state index contributed by atoms with van der Waals surface area (Å²) >= 11 is 0. The summed E-state index contributed by atoms with van der Waals surface area (Å²) in [5.41, 5.74) is 2.74. The third-order valence-corrected chi connectivity index (χ3v) is 3.24. The number of fused-ring (bicyclic) bond motifs is 1. The van der Waals surface area contributed by atoms with E-state index in [1.807, 2.05) is 0 Å². The standard InChI is InChI=1S/C13H22N2/c1-8(2)5-12-14-11-7-9(3)6-10(4)13(11)15-12/h8-10H,5-7H2,1-4H3,(H,14,15). The number of hydrogen-bond acceptors (Lipinski definition) is 1. The molecule has 0 spiro atoms. The van der Waals surface area contributed by atoms with Gasteiger partial charge in [0, 0.05) is 18.0 Å². The molecule has 1 aromatic heterocycles. The number of aromatic nitrogens is 2. The van der Waals surface area contributed by atoms with Crippen LogP contribution < -0.4 is 0 Å². The van der Waals surface area contributed by atoms with Crippen molar-refractivity contribution < 1.29 is 0 Å². The molecule has 1 aromatic rings. The first-order valence-electron chi connectivity index (χ1n) is 6.14. The first kappa shape index (κ1) is 10.7. The van der Waals surface area contributed by atoms with Gasteiger partial charge in [0.2, 0.25) is 0 Å². The quantitative estimate of drug-likeness (QED) is 0.790. The van der Waals surface area contributed by atoms with Crippen molar-refractivity contribution in [3.8, 4) is 0 Å². The van der Waals surface area contributed by atoms with E-state index in [2.05, 4.69) is 32.7 Å². The first-order valence-corrected chi connectivity index (χ1v) is 6.14. The Bertz CT molecular complexity index is 338. The van der Waals surface area contributed by atoms with Crippen LogP contribution in [0.1, 0.15) is 57.2 Å². The Kier molecular flexibility index (Phi) is 2.85. The Morgan fingerprint density at radius 3 is 2.80 bits per heavy atom. The lowest BCUT2D eigenvalue weighted by Gasteiger charge is -2.22. The molecule has 1 heterocycles. The summed E-state index contributed by atoms with van der Waals surface area (Å²) in [5.74, 6) is 3.32. The van der Waals surface area contributed by atoms with Gasteiger partial charge in [0.25, 0.3) is 0 Å². The molecule has 2 atom stereocenters. The van der Waals surface area contributed by atoms with Crippen LogP contribution in [-0.2, 0) is 12.8 Å². The molecule has 2 rings (SSSR count). The van der Waals surface area contributed by atoms with Gasteiger partial charge in [-0.15, -0.1) is 0 Å². The second kappa shape index (κ2) is 3.99. The number of rotatable bonds is 2. The average molecular weight is 206 g/mol. The maximum Gasteiger partial charge on any atom is 0.106 e. The third-order valence-electron chi connectivity index (χ3n) is 3.24. The fourth-order valence-electron chi connectivity index (χ4n) is 2.67. The minimum atomic E-state index is 0.640. The van der Waals surface area contributed by atoms with E-state index in [4.69, 9.17) is 4.98 Å². The molecular weight excluding hydrogens is 184 g/mol. The largest absolute Gasteiger partial charge is 0.346 e. The van der Waals surface area contributed by atoms with E-state index < -0.39 is 0 Å². The van der Waals surface area contributed by atoms with Gasteiger partial charge in [0.1, 0.15) is 5.82 Å². The number of hydrogen-bond donors (Lipinski definition) is 1. The summed E-state index contributed by atoms with van der Waals surface area (Å²) in [6.07, 6.45) is 3.55.